The molecule has 0 aromatic carbocycles. The minimum Gasteiger partial charge on any atom is -0.101 e. The first-order chi connectivity index (χ1) is 3.27. The molecule has 0 saturated carbocycles. The fourth-order valence-electron chi connectivity index (χ4n) is 0.426. The van der Waals surface area contributed by atoms with Crippen LogP contribution in [-0.4, -0.2) is 12.6 Å². The molecule has 0 atom stereocenters. The third-order valence-corrected chi connectivity index (χ3v) is 1.09. The van der Waals surface area contributed by atoms with E-state index in [0.29, 0.717) is 0 Å². The van der Waals surface area contributed by atoms with E-state index >= 15 is 0 Å². The number of unbranched alkanes of at least 4 members (excludes halogenated alkanes) is 1. The van der Waals surface area contributed by atoms with E-state index in [1.54, 1.807) is 0 Å². The topological polar surface area (TPSA) is 0 Å². The molecular formula is C5H11BS. The zero-order valence-electron chi connectivity index (χ0n) is 5.03. The Kier molecular flexibility index (Phi) is 4.41. The predicted molar refractivity (Wildman–Crippen MR) is 40.7 cm³/mol. The second-order valence-corrected chi connectivity index (χ2v) is 2.50. The molecule has 0 spiro atoms. The Balaban J connectivity index is 2.82. The van der Waals surface area contributed by atoms with Crippen LogP contribution in [0.15, 0.2) is 0 Å². The van der Waals surface area contributed by atoms with E-state index in [0.717, 1.165) is 11.2 Å². The maximum absolute atomic E-state index is 4.86. The zero-order valence-corrected chi connectivity index (χ0v) is 5.85. The van der Waals surface area contributed by atoms with Crippen molar-refractivity contribution in [3.63, 3.8) is 0 Å². The third-order valence-electron chi connectivity index (χ3n) is 0.882. The van der Waals surface area contributed by atoms with Crippen molar-refractivity contribution in [3.05, 3.63) is 0 Å². The largest absolute Gasteiger partial charge is 0.148 e. The van der Waals surface area contributed by atoms with Gasteiger partial charge in [0.2, 0.25) is 0 Å². The van der Waals surface area contributed by atoms with Gasteiger partial charge in [0, 0.05) is 0 Å². The Morgan fingerprint density at radius 1 is 1.71 bits per heavy atom. The minimum absolute atomic E-state index is 1.13. The van der Waals surface area contributed by atoms with Gasteiger partial charge in [0.1, 0.15) is 7.85 Å². The van der Waals surface area contributed by atoms with Crippen LogP contribution in [0.2, 0.25) is 0 Å². The summed E-state index contributed by atoms with van der Waals surface area (Å²) in [5.41, 5.74) is 0. The van der Waals surface area contributed by atoms with Gasteiger partial charge in [-0.15, -0.1) is 12.2 Å². The summed E-state index contributed by atoms with van der Waals surface area (Å²) in [6.45, 7) is 2.18. The van der Waals surface area contributed by atoms with Gasteiger partial charge in [-0.1, -0.05) is 13.3 Å². The molecule has 0 bridgehead atoms. The molecule has 0 aromatic heterocycles. The maximum atomic E-state index is 4.86. The summed E-state index contributed by atoms with van der Waals surface area (Å²) in [5.74, 6) is 0. The molecule has 2 heteroatoms. The molecule has 0 aromatic rings. The molecule has 7 heavy (non-hydrogen) atoms. The van der Waals surface area contributed by atoms with Gasteiger partial charge in [-0.3, -0.25) is 0 Å². The fourth-order valence-corrected chi connectivity index (χ4v) is 0.570. The van der Waals surface area contributed by atoms with Crippen molar-refractivity contribution in [3.8, 4) is 0 Å². The Morgan fingerprint density at radius 3 is 2.43 bits per heavy atom. The molecule has 0 unspecified atom stereocenters. The van der Waals surface area contributed by atoms with E-state index in [9.17, 15) is 0 Å². The van der Waals surface area contributed by atoms with Gasteiger partial charge < -0.3 is 0 Å². The molecular weight excluding hydrogens is 103 g/mol. The fraction of sp³-hybridized carbons (Fsp3) is 0.800. The summed E-state index contributed by atoms with van der Waals surface area (Å²) in [6, 6.07) is 0. The zero-order chi connectivity index (χ0) is 5.70. The molecule has 0 amide bonds. The lowest BCUT2D eigenvalue weighted by atomic mass is 9.99. The molecule has 0 nitrogen and oxygen atoms in total. The number of hydrogen-bond donors (Lipinski definition) is 0. The van der Waals surface area contributed by atoms with Crippen molar-refractivity contribution in [1.82, 2.24) is 0 Å². The average molecular weight is 114 g/mol. The lowest BCUT2D eigenvalue weighted by Crippen LogP contribution is -1.89. The Labute approximate surface area is 51.7 Å². The van der Waals surface area contributed by atoms with Gasteiger partial charge in [0.05, 0.1) is 0 Å². The number of hydrogen-bond acceptors (Lipinski definition) is 1. The van der Waals surface area contributed by atoms with Crippen LogP contribution in [0.1, 0.15) is 26.2 Å². The lowest BCUT2D eigenvalue weighted by Gasteiger charge is -1.89. The van der Waals surface area contributed by atoms with Crippen molar-refractivity contribution in [2.24, 2.45) is 0 Å². The number of thiocarbonyl (C=S) groups is 1. The van der Waals surface area contributed by atoms with Crippen LogP contribution in [-0.2, 0) is 0 Å². The van der Waals surface area contributed by atoms with Crippen LogP contribution in [0.4, 0.5) is 0 Å². The number of rotatable bonds is 3. The van der Waals surface area contributed by atoms with Crippen molar-refractivity contribution in [2.45, 2.75) is 26.2 Å². The summed E-state index contributed by atoms with van der Waals surface area (Å²) < 4.78 is 1.14. The lowest BCUT2D eigenvalue weighted by molar-refractivity contribution is 0.844. The van der Waals surface area contributed by atoms with Crippen molar-refractivity contribution in [1.29, 1.82) is 0 Å². The van der Waals surface area contributed by atoms with Crippen molar-refractivity contribution >= 4 is 24.8 Å². The van der Waals surface area contributed by atoms with Crippen LogP contribution in [0.3, 0.4) is 0 Å². The molecule has 0 aliphatic carbocycles. The highest BCUT2D eigenvalue weighted by Crippen LogP contribution is 1.92. The monoisotopic (exact) mass is 114 g/mol. The van der Waals surface area contributed by atoms with E-state index in [1.807, 2.05) is 7.85 Å². The van der Waals surface area contributed by atoms with Crippen molar-refractivity contribution in [2.75, 3.05) is 0 Å². The van der Waals surface area contributed by atoms with Gasteiger partial charge in [-0.25, -0.2) is 0 Å². The first-order valence-corrected chi connectivity index (χ1v) is 3.17. The van der Waals surface area contributed by atoms with E-state index < -0.39 is 0 Å². The molecule has 40 valence electrons. The predicted octanol–water partition coefficient (Wildman–Crippen LogP) is 1.14. The Hall–Kier alpha value is 0.155. The smallest absolute Gasteiger partial charge is 0.101 e. The quantitative estimate of drug-likeness (QED) is 0.391. The van der Waals surface area contributed by atoms with Crippen LogP contribution >= 0.6 is 12.2 Å². The normalized spacial score (nSPS) is 8.71. The summed E-state index contributed by atoms with van der Waals surface area (Å²) in [4.78, 5) is 0. The molecule has 0 aliphatic rings. The maximum Gasteiger partial charge on any atom is 0.148 e. The van der Waals surface area contributed by atoms with Gasteiger partial charge in [0.25, 0.3) is 0 Å². The highest BCUT2D eigenvalue weighted by molar-refractivity contribution is 7.83. The van der Waals surface area contributed by atoms with Crippen molar-refractivity contribution < 1.29 is 0 Å². The molecule has 0 saturated heterocycles. The molecule has 0 aliphatic heterocycles. The van der Waals surface area contributed by atoms with Crippen LogP contribution in [0.25, 0.3) is 0 Å². The van der Waals surface area contributed by atoms with Gasteiger partial charge in [-0.05, 0) is 17.6 Å². The first-order valence-electron chi connectivity index (χ1n) is 2.76. The Bertz CT molecular complexity index is 61.1. The summed E-state index contributed by atoms with van der Waals surface area (Å²) in [6.07, 6.45) is 3.65. The van der Waals surface area contributed by atoms with Crippen LogP contribution < -0.4 is 0 Å². The average Bonchev–Trinajstić information content (AvgIpc) is 1.61. The highest BCUT2D eigenvalue weighted by atomic mass is 32.1. The second-order valence-electron chi connectivity index (χ2n) is 1.81. The Morgan fingerprint density at radius 2 is 2.29 bits per heavy atom. The summed E-state index contributed by atoms with van der Waals surface area (Å²) in [7, 11) is 2.00. The minimum atomic E-state index is 1.13. The second kappa shape index (κ2) is 4.32. The standard InChI is InChI=1S/C5H11BS/c1-2-3-4-5(6)7/h2-4,6H2,1H3. The molecule has 0 radical (unpaired) electrons. The van der Waals surface area contributed by atoms with Gasteiger partial charge >= 0.3 is 0 Å². The van der Waals surface area contributed by atoms with E-state index in [-0.39, 0.29) is 0 Å². The van der Waals surface area contributed by atoms with Gasteiger partial charge in [0.15, 0.2) is 0 Å². The summed E-state index contributed by atoms with van der Waals surface area (Å²) >= 11 is 4.86. The summed E-state index contributed by atoms with van der Waals surface area (Å²) in [5, 5.41) is 0. The molecule has 0 fully saturated rings. The third kappa shape index (κ3) is 6.15. The van der Waals surface area contributed by atoms with Gasteiger partial charge in [-0.2, -0.15) is 0 Å². The van der Waals surface area contributed by atoms with E-state index in [1.165, 1.54) is 12.8 Å². The van der Waals surface area contributed by atoms with E-state index in [4.69, 9.17) is 12.2 Å². The SMILES string of the molecule is BC(=S)CCCC. The molecule has 0 N–H and O–H groups in total. The van der Waals surface area contributed by atoms with Crippen LogP contribution in [0.5, 0.6) is 0 Å². The van der Waals surface area contributed by atoms with E-state index in [2.05, 4.69) is 6.92 Å². The molecule has 0 rings (SSSR count). The highest BCUT2D eigenvalue weighted by Gasteiger charge is 1.83. The van der Waals surface area contributed by atoms with Crippen LogP contribution in [0, 0.1) is 0 Å². The molecule has 0 heterocycles. The first kappa shape index (κ1) is 7.15.